The quantitative estimate of drug-likeness (QED) is 0.198. The highest BCUT2D eigenvalue weighted by atomic mass is 32.1. The zero-order valence-corrected chi connectivity index (χ0v) is 26.7. The molecule has 45 heavy (non-hydrogen) atoms. The van der Waals surface area contributed by atoms with Gasteiger partial charge in [0.1, 0.15) is 0 Å². The molecule has 2 nitrogen and oxygen atoms in total. The van der Waals surface area contributed by atoms with Gasteiger partial charge in [-0.1, -0.05) is 125 Å². The molecule has 0 radical (unpaired) electrons. The average Bonchev–Trinajstić information content (AvgIpc) is 3.46. The fraction of sp³-hybridized carbons (Fsp3) is 0.143. The van der Waals surface area contributed by atoms with Crippen LogP contribution in [0.4, 0.5) is 0 Å². The maximum atomic E-state index is 5.25. The van der Waals surface area contributed by atoms with Crippen LogP contribution in [0.2, 0.25) is 0 Å². The lowest BCUT2D eigenvalue weighted by Crippen LogP contribution is -2.43. The first-order valence-electron chi connectivity index (χ1n) is 15.7. The molecule has 2 heterocycles. The van der Waals surface area contributed by atoms with Gasteiger partial charge in [-0.05, 0) is 62.6 Å². The van der Waals surface area contributed by atoms with E-state index in [0.29, 0.717) is 0 Å². The number of hydrogen-bond acceptors (Lipinski definition) is 3. The summed E-state index contributed by atoms with van der Waals surface area (Å²) >= 11 is 1.93. The van der Waals surface area contributed by atoms with Gasteiger partial charge in [-0.2, -0.15) is 0 Å². The molecule has 0 saturated carbocycles. The van der Waals surface area contributed by atoms with Crippen LogP contribution < -0.4 is 0 Å². The van der Waals surface area contributed by atoms with E-state index in [4.69, 9.17) is 9.97 Å². The van der Waals surface area contributed by atoms with Crippen molar-refractivity contribution >= 4 is 53.3 Å². The predicted molar refractivity (Wildman–Crippen MR) is 192 cm³/mol. The smallest absolute Gasteiger partial charge is 0.0973 e. The van der Waals surface area contributed by atoms with Crippen LogP contribution in [-0.2, 0) is 10.8 Å². The van der Waals surface area contributed by atoms with Crippen molar-refractivity contribution in [3.63, 3.8) is 0 Å². The molecule has 0 N–H and O–H groups in total. The minimum Gasteiger partial charge on any atom is -0.244 e. The molecule has 0 bridgehead atoms. The Labute approximate surface area is 267 Å². The number of thiophene rings is 1. The molecule has 1 aliphatic rings. The zero-order valence-electron chi connectivity index (χ0n) is 25.8. The van der Waals surface area contributed by atoms with Crippen LogP contribution in [0.5, 0.6) is 0 Å². The molecule has 1 aliphatic carbocycles. The Morgan fingerprint density at radius 2 is 1.20 bits per heavy atom. The van der Waals surface area contributed by atoms with Gasteiger partial charge in [0, 0.05) is 36.9 Å². The highest BCUT2D eigenvalue weighted by Crippen LogP contribution is 2.57. The van der Waals surface area contributed by atoms with Crippen molar-refractivity contribution in [2.24, 2.45) is 0 Å². The first-order chi connectivity index (χ1) is 21.8. The van der Waals surface area contributed by atoms with E-state index < -0.39 is 0 Å². The van der Waals surface area contributed by atoms with E-state index in [2.05, 4.69) is 131 Å². The summed E-state index contributed by atoms with van der Waals surface area (Å²) in [6.07, 6.45) is 0. The molecular weight excluding hydrogens is 565 g/mol. The number of fused-ring (bicyclic) bond motifs is 10. The number of benzene rings is 6. The van der Waals surface area contributed by atoms with Crippen molar-refractivity contribution in [3.8, 4) is 33.6 Å². The van der Waals surface area contributed by atoms with Gasteiger partial charge in [0.25, 0.3) is 0 Å². The third-order valence-electron chi connectivity index (χ3n) is 10.6. The second-order valence-electron chi connectivity index (χ2n) is 13.4. The average molecular weight is 597 g/mol. The maximum Gasteiger partial charge on any atom is 0.0973 e. The molecule has 9 rings (SSSR count). The number of hydrogen-bond donors (Lipinski definition) is 0. The van der Waals surface area contributed by atoms with Crippen molar-refractivity contribution in [1.82, 2.24) is 9.97 Å². The first kappa shape index (κ1) is 26.5. The molecule has 6 aromatic carbocycles. The summed E-state index contributed by atoms with van der Waals surface area (Å²) in [6.45, 7) is 9.65. The van der Waals surface area contributed by atoms with E-state index in [0.717, 1.165) is 33.5 Å². The van der Waals surface area contributed by atoms with Crippen molar-refractivity contribution in [3.05, 3.63) is 132 Å². The molecule has 0 fully saturated rings. The molecule has 8 aromatic rings. The van der Waals surface area contributed by atoms with E-state index in [-0.39, 0.29) is 10.8 Å². The number of aromatic nitrogens is 2. The molecule has 0 spiro atoms. The normalized spacial score (nSPS) is 15.0. The largest absolute Gasteiger partial charge is 0.244 e. The van der Waals surface area contributed by atoms with Crippen molar-refractivity contribution < 1.29 is 0 Å². The summed E-state index contributed by atoms with van der Waals surface area (Å²) < 4.78 is 2.73. The summed E-state index contributed by atoms with van der Waals surface area (Å²) in [5.74, 6) is 0. The van der Waals surface area contributed by atoms with Gasteiger partial charge in [0.05, 0.1) is 22.4 Å². The standard InChI is InChI=1S/C42H32N2S/c1-41(2)31-22-21-30-36-28-15-9-8-12-25(28)19-23-35(36)45-40(30)37(31)29-20-18-27(24-32(29)42(41,3)4)39-38(26-13-6-5-7-14-26)43-33-16-10-11-17-34(33)44-39/h5-24H,1-4H3. The molecule has 216 valence electrons. The van der Waals surface area contributed by atoms with Crippen LogP contribution in [-0.4, -0.2) is 9.97 Å². The van der Waals surface area contributed by atoms with E-state index >= 15 is 0 Å². The topological polar surface area (TPSA) is 25.8 Å². The number of rotatable bonds is 2. The number of nitrogens with zero attached hydrogens (tertiary/aromatic N) is 2. The molecule has 2 aromatic heterocycles. The van der Waals surface area contributed by atoms with Gasteiger partial charge < -0.3 is 0 Å². The van der Waals surface area contributed by atoms with Crippen LogP contribution in [0.15, 0.2) is 121 Å². The van der Waals surface area contributed by atoms with Crippen LogP contribution >= 0.6 is 11.3 Å². The van der Waals surface area contributed by atoms with Gasteiger partial charge in [0.15, 0.2) is 0 Å². The summed E-state index contributed by atoms with van der Waals surface area (Å²) in [5, 5.41) is 5.34. The second-order valence-corrected chi connectivity index (χ2v) is 14.5. The molecule has 0 amide bonds. The van der Waals surface area contributed by atoms with Gasteiger partial charge >= 0.3 is 0 Å². The lowest BCUT2D eigenvalue weighted by Gasteiger charge is -2.48. The Morgan fingerprint density at radius 3 is 1.98 bits per heavy atom. The van der Waals surface area contributed by atoms with Gasteiger partial charge in [-0.15, -0.1) is 11.3 Å². The second kappa shape index (κ2) is 9.32. The summed E-state index contributed by atoms with van der Waals surface area (Å²) in [7, 11) is 0. The fourth-order valence-electron chi connectivity index (χ4n) is 7.50. The van der Waals surface area contributed by atoms with Crippen LogP contribution in [0, 0.1) is 0 Å². The maximum absolute atomic E-state index is 5.25. The first-order valence-corrected chi connectivity index (χ1v) is 16.5. The van der Waals surface area contributed by atoms with Crippen LogP contribution in [0.3, 0.4) is 0 Å². The molecular formula is C42H32N2S. The van der Waals surface area contributed by atoms with E-state index in [1.165, 1.54) is 53.2 Å². The molecule has 0 unspecified atom stereocenters. The molecule has 3 heteroatoms. The highest BCUT2D eigenvalue weighted by molar-refractivity contribution is 7.26. The summed E-state index contributed by atoms with van der Waals surface area (Å²) in [6, 6.07) is 43.8. The van der Waals surface area contributed by atoms with E-state index in [1.54, 1.807) is 0 Å². The van der Waals surface area contributed by atoms with Crippen LogP contribution in [0.25, 0.3) is 75.6 Å². The zero-order chi connectivity index (χ0) is 30.5. The molecule has 0 saturated heterocycles. The fourth-order valence-corrected chi connectivity index (χ4v) is 8.78. The molecule has 0 atom stereocenters. The SMILES string of the molecule is CC1(C)c2cc(-c3nc4ccccc4nc3-c3ccccc3)ccc2-c2c(ccc3c2sc2ccc4ccccc4c23)C1(C)C. The Morgan fingerprint density at radius 1 is 0.533 bits per heavy atom. The van der Waals surface area contributed by atoms with E-state index in [1.807, 2.05) is 29.5 Å². The summed E-state index contributed by atoms with van der Waals surface area (Å²) in [4.78, 5) is 10.4. The Bertz CT molecular complexity index is 2480. The monoisotopic (exact) mass is 596 g/mol. The van der Waals surface area contributed by atoms with Crippen molar-refractivity contribution in [1.29, 1.82) is 0 Å². The summed E-state index contributed by atoms with van der Waals surface area (Å²) in [5.41, 5.74) is 11.1. The van der Waals surface area contributed by atoms with Crippen molar-refractivity contribution in [2.75, 3.05) is 0 Å². The van der Waals surface area contributed by atoms with Gasteiger partial charge in [0.2, 0.25) is 0 Å². The van der Waals surface area contributed by atoms with Crippen LogP contribution in [0.1, 0.15) is 38.8 Å². The minimum absolute atomic E-state index is 0.0995. The third kappa shape index (κ3) is 3.68. The third-order valence-corrected chi connectivity index (χ3v) is 11.8. The van der Waals surface area contributed by atoms with Gasteiger partial charge in [-0.3, -0.25) is 0 Å². The highest BCUT2D eigenvalue weighted by Gasteiger charge is 2.46. The van der Waals surface area contributed by atoms with E-state index in [9.17, 15) is 0 Å². The Balaban J connectivity index is 1.34. The lowest BCUT2D eigenvalue weighted by atomic mass is 9.55. The predicted octanol–water partition coefficient (Wildman–Crippen LogP) is 11.7. The van der Waals surface area contributed by atoms with Gasteiger partial charge in [-0.25, -0.2) is 9.97 Å². The Kier molecular flexibility index (Phi) is 5.50. The number of para-hydroxylation sites is 2. The minimum atomic E-state index is -0.125. The Hall–Kier alpha value is -4.86. The lowest BCUT2D eigenvalue weighted by molar-refractivity contribution is 0.299. The molecule has 0 aliphatic heterocycles. The van der Waals surface area contributed by atoms with Crippen molar-refractivity contribution in [2.45, 2.75) is 38.5 Å².